The van der Waals surface area contributed by atoms with Crippen molar-refractivity contribution in [2.45, 2.75) is 39.3 Å². The highest BCUT2D eigenvalue weighted by molar-refractivity contribution is 6.08. The van der Waals surface area contributed by atoms with Crippen molar-refractivity contribution < 1.29 is 19.1 Å². The number of carbonyl (C=O) groups is 3. The van der Waals surface area contributed by atoms with Crippen molar-refractivity contribution in [3.63, 3.8) is 0 Å². The Balaban J connectivity index is 2.08. The predicted molar refractivity (Wildman–Crippen MR) is 93.0 cm³/mol. The van der Waals surface area contributed by atoms with Crippen molar-refractivity contribution >= 4 is 17.8 Å². The van der Waals surface area contributed by atoms with Gasteiger partial charge in [0.25, 0.3) is 5.91 Å². The van der Waals surface area contributed by atoms with Gasteiger partial charge in [-0.15, -0.1) is 0 Å². The van der Waals surface area contributed by atoms with Crippen LogP contribution in [-0.4, -0.2) is 41.9 Å². The summed E-state index contributed by atoms with van der Waals surface area (Å²) >= 11 is 0. The fourth-order valence-electron chi connectivity index (χ4n) is 2.77. The first-order valence-corrected chi connectivity index (χ1v) is 8.23. The molecule has 0 spiro atoms. The summed E-state index contributed by atoms with van der Waals surface area (Å²) < 4.78 is 5.15. The Labute approximate surface area is 147 Å². The molecule has 1 aliphatic rings. The van der Waals surface area contributed by atoms with E-state index in [0.717, 1.165) is 16.2 Å². The summed E-state index contributed by atoms with van der Waals surface area (Å²) in [5.41, 5.74) is -0.0492. The molecule has 25 heavy (non-hydrogen) atoms. The van der Waals surface area contributed by atoms with Gasteiger partial charge >= 0.3 is 6.03 Å². The number of ether oxygens (including phenoxy) is 1. The number of benzene rings is 1. The molecule has 0 aliphatic carbocycles. The topological polar surface area (TPSA) is 87.7 Å². The van der Waals surface area contributed by atoms with Crippen molar-refractivity contribution in [2.75, 3.05) is 13.7 Å². The molecule has 0 radical (unpaired) electrons. The molecule has 7 heteroatoms. The molecule has 2 rings (SSSR count). The largest absolute Gasteiger partial charge is 0.497 e. The molecule has 1 saturated heterocycles. The molecule has 0 bridgehead atoms. The highest BCUT2D eigenvalue weighted by Gasteiger charge is 2.45. The zero-order valence-electron chi connectivity index (χ0n) is 15.3. The third-order valence-electron chi connectivity index (χ3n) is 4.20. The van der Waals surface area contributed by atoms with Crippen LogP contribution < -0.4 is 15.4 Å². The minimum Gasteiger partial charge on any atom is -0.497 e. The van der Waals surface area contributed by atoms with Crippen molar-refractivity contribution in [1.29, 1.82) is 0 Å². The predicted octanol–water partition coefficient (Wildman–Crippen LogP) is 1.84. The van der Waals surface area contributed by atoms with E-state index in [9.17, 15) is 14.4 Å². The van der Waals surface area contributed by atoms with Crippen LogP contribution >= 0.6 is 0 Å². The number of methoxy groups -OCH3 is 1. The third-order valence-corrected chi connectivity index (χ3v) is 4.20. The first-order chi connectivity index (χ1) is 11.7. The highest BCUT2D eigenvalue weighted by atomic mass is 16.5. The maximum Gasteiger partial charge on any atom is 0.325 e. The van der Waals surface area contributed by atoms with Crippen LogP contribution in [0.1, 0.15) is 39.3 Å². The van der Waals surface area contributed by atoms with Crippen molar-refractivity contribution in [3.8, 4) is 5.75 Å². The molecule has 1 aromatic rings. The van der Waals surface area contributed by atoms with Gasteiger partial charge in [0.1, 0.15) is 17.8 Å². The lowest BCUT2D eigenvalue weighted by Crippen LogP contribution is -2.44. The molecule has 1 heterocycles. The van der Waals surface area contributed by atoms with Gasteiger partial charge in [-0.2, -0.15) is 0 Å². The molecule has 1 aromatic carbocycles. The smallest absolute Gasteiger partial charge is 0.325 e. The second-order valence-electron chi connectivity index (χ2n) is 7.01. The van der Waals surface area contributed by atoms with Gasteiger partial charge in [-0.1, -0.05) is 26.0 Å². The van der Waals surface area contributed by atoms with Gasteiger partial charge in [-0.05, 0) is 37.5 Å². The molecule has 1 aliphatic heterocycles. The van der Waals surface area contributed by atoms with Crippen LogP contribution in [0.4, 0.5) is 4.79 Å². The van der Waals surface area contributed by atoms with E-state index in [0.29, 0.717) is 0 Å². The number of hydrogen-bond donors (Lipinski definition) is 2. The Morgan fingerprint density at radius 3 is 2.28 bits per heavy atom. The van der Waals surface area contributed by atoms with Crippen LogP contribution in [0.15, 0.2) is 24.3 Å². The van der Waals surface area contributed by atoms with Gasteiger partial charge in [-0.3, -0.25) is 14.5 Å². The first-order valence-electron chi connectivity index (χ1n) is 8.23. The number of hydrogen-bond acceptors (Lipinski definition) is 4. The number of nitrogens with zero attached hydrogens (tertiary/aromatic N) is 1. The summed E-state index contributed by atoms with van der Waals surface area (Å²) in [5.74, 6) is 0.0879. The van der Waals surface area contributed by atoms with Crippen LogP contribution in [0, 0.1) is 5.92 Å². The zero-order chi connectivity index (χ0) is 18.8. The van der Waals surface area contributed by atoms with Gasteiger partial charge in [-0.25, -0.2) is 4.79 Å². The van der Waals surface area contributed by atoms with Crippen molar-refractivity contribution in [2.24, 2.45) is 5.92 Å². The molecule has 0 unspecified atom stereocenters. The number of rotatable bonds is 6. The monoisotopic (exact) mass is 347 g/mol. The molecule has 7 nitrogen and oxygen atoms in total. The van der Waals surface area contributed by atoms with E-state index in [1.807, 2.05) is 38.1 Å². The molecule has 2 N–H and O–H groups in total. The van der Waals surface area contributed by atoms with E-state index in [1.165, 1.54) is 0 Å². The van der Waals surface area contributed by atoms with Crippen LogP contribution in [0.2, 0.25) is 0 Å². The maximum absolute atomic E-state index is 12.4. The molecule has 0 aromatic heterocycles. The second kappa shape index (κ2) is 7.13. The van der Waals surface area contributed by atoms with Crippen LogP contribution in [0.25, 0.3) is 0 Å². The zero-order valence-corrected chi connectivity index (χ0v) is 15.3. The molecule has 1 fully saturated rings. The summed E-state index contributed by atoms with van der Waals surface area (Å²) in [6.07, 6.45) is 0. The molecular weight excluding hydrogens is 322 g/mol. The molecular formula is C18H25N3O4. The van der Waals surface area contributed by atoms with Gasteiger partial charge < -0.3 is 15.4 Å². The van der Waals surface area contributed by atoms with Gasteiger partial charge in [0.05, 0.1) is 13.2 Å². The molecule has 0 saturated carbocycles. The lowest BCUT2D eigenvalue weighted by molar-refractivity contribution is -0.134. The number of amides is 4. The Kier molecular flexibility index (Phi) is 5.35. The SMILES string of the molecule is COc1ccc([C@H](NC(=O)CN2C(=O)NC(C)(C)C2=O)C(C)C)cc1. The fourth-order valence-corrected chi connectivity index (χ4v) is 2.77. The lowest BCUT2D eigenvalue weighted by Gasteiger charge is -2.24. The summed E-state index contributed by atoms with van der Waals surface area (Å²) in [4.78, 5) is 37.4. The van der Waals surface area contributed by atoms with Crippen LogP contribution in [0.5, 0.6) is 5.75 Å². The Morgan fingerprint density at radius 1 is 1.24 bits per heavy atom. The summed E-state index contributed by atoms with van der Waals surface area (Å²) in [6, 6.07) is 6.66. The molecule has 1 atom stereocenters. The van der Waals surface area contributed by atoms with Gasteiger partial charge in [0.2, 0.25) is 5.91 Å². The van der Waals surface area contributed by atoms with E-state index in [1.54, 1.807) is 21.0 Å². The van der Waals surface area contributed by atoms with E-state index in [4.69, 9.17) is 4.74 Å². The summed E-state index contributed by atoms with van der Waals surface area (Å²) in [5, 5.41) is 5.47. The van der Waals surface area contributed by atoms with E-state index in [-0.39, 0.29) is 24.4 Å². The molecule has 136 valence electrons. The summed E-state index contributed by atoms with van der Waals surface area (Å²) in [6.45, 7) is 6.91. The normalized spacial score (nSPS) is 17.4. The highest BCUT2D eigenvalue weighted by Crippen LogP contribution is 2.24. The number of imide groups is 1. The van der Waals surface area contributed by atoms with Gasteiger partial charge in [0, 0.05) is 0 Å². The van der Waals surface area contributed by atoms with Crippen molar-refractivity contribution in [1.82, 2.24) is 15.5 Å². The van der Waals surface area contributed by atoms with Crippen LogP contribution in [0.3, 0.4) is 0 Å². The standard InChI is InChI=1S/C18H25N3O4/c1-11(2)15(12-6-8-13(25-5)9-7-12)19-14(22)10-21-16(23)18(3,4)20-17(21)24/h6-9,11,15H,10H2,1-5H3,(H,19,22)(H,20,24)/t15-/m1/s1. The minimum absolute atomic E-state index is 0.136. The average Bonchev–Trinajstić information content (AvgIpc) is 2.74. The number of carbonyl (C=O) groups excluding carboxylic acids is 3. The summed E-state index contributed by atoms with van der Waals surface area (Å²) in [7, 11) is 1.59. The quantitative estimate of drug-likeness (QED) is 0.769. The lowest BCUT2D eigenvalue weighted by atomic mass is 9.96. The Morgan fingerprint density at radius 2 is 1.84 bits per heavy atom. The number of urea groups is 1. The van der Waals surface area contributed by atoms with E-state index in [2.05, 4.69) is 10.6 Å². The third kappa shape index (κ3) is 4.10. The Bertz CT molecular complexity index is 667. The first kappa shape index (κ1) is 18.8. The maximum atomic E-state index is 12.4. The average molecular weight is 347 g/mol. The minimum atomic E-state index is -0.981. The molecule has 4 amide bonds. The fraction of sp³-hybridized carbons (Fsp3) is 0.500. The van der Waals surface area contributed by atoms with E-state index >= 15 is 0 Å². The van der Waals surface area contributed by atoms with Gasteiger partial charge in [0.15, 0.2) is 0 Å². The van der Waals surface area contributed by atoms with Crippen LogP contribution in [-0.2, 0) is 9.59 Å². The van der Waals surface area contributed by atoms with E-state index < -0.39 is 17.5 Å². The second-order valence-corrected chi connectivity index (χ2v) is 7.01. The number of nitrogens with one attached hydrogen (secondary N) is 2. The van der Waals surface area contributed by atoms with Crippen molar-refractivity contribution in [3.05, 3.63) is 29.8 Å². The Hall–Kier alpha value is -2.57.